The molecule has 3 N–H and O–H groups in total. The van der Waals surface area contributed by atoms with Gasteiger partial charge in [-0.25, -0.2) is 0 Å². The molecule has 1 fully saturated rings. The fraction of sp³-hybridized carbons (Fsp3) is 0.562. The molecule has 0 bridgehead atoms. The first-order valence-corrected chi connectivity index (χ1v) is 7.34. The van der Waals surface area contributed by atoms with Crippen molar-refractivity contribution in [2.24, 2.45) is 11.8 Å². The molecule has 20 heavy (non-hydrogen) atoms. The van der Waals surface area contributed by atoms with E-state index in [0.717, 1.165) is 6.42 Å². The van der Waals surface area contributed by atoms with E-state index in [1.54, 1.807) is 18.2 Å². The van der Waals surface area contributed by atoms with Gasteiger partial charge in [-0.2, -0.15) is 0 Å². The molecule has 3 atom stereocenters. The molecule has 1 aliphatic rings. The van der Waals surface area contributed by atoms with Crippen LogP contribution in [0.15, 0.2) is 24.3 Å². The molecule has 0 spiro atoms. The molecule has 110 valence electrons. The van der Waals surface area contributed by atoms with Crippen molar-refractivity contribution in [2.45, 2.75) is 39.2 Å². The first kappa shape index (κ1) is 14.7. The number of nitrogens with two attached hydrogens (primary N) is 1. The number of hydrogen-bond acceptors (Lipinski definition) is 3. The van der Waals surface area contributed by atoms with E-state index in [1.165, 1.54) is 12.8 Å². The highest BCUT2D eigenvalue weighted by molar-refractivity contribution is 5.77. The number of hydrogen-bond donors (Lipinski definition) is 2. The fourth-order valence-electron chi connectivity index (χ4n) is 2.79. The Balaban J connectivity index is 1.80. The zero-order valence-electron chi connectivity index (χ0n) is 12.3. The number of anilines is 1. The number of carbonyl (C=O) groups is 1. The maximum Gasteiger partial charge on any atom is 0.258 e. The smallest absolute Gasteiger partial charge is 0.258 e. The Kier molecular flexibility index (Phi) is 4.88. The molecule has 1 aromatic rings. The summed E-state index contributed by atoms with van der Waals surface area (Å²) >= 11 is 0. The molecule has 4 heteroatoms. The summed E-state index contributed by atoms with van der Waals surface area (Å²) in [5.74, 6) is 1.77. The van der Waals surface area contributed by atoms with E-state index in [1.807, 2.05) is 6.07 Å². The Morgan fingerprint density at radius 1 is 1.40 bits per heavy atom. The summed E-state index contributed by atoms with van der Waals surface area (Å²) in [7, 11) is 0. The van der Waals surface area contributed by atoms with Crippen LogP contribution in [0.25, 0.3) is 0 Å². The number of rotatable bonds is 4. The van der Waals surface area contributed by atoms with Gasteiger partial charge in [0.25, 0.3) is 5.91 Å². The van der Waals surface area contributed by atoms with Crippen LogP contribution in [0.4, 0.5) is 5.69 Å². The van der Waals surface area contributed by atoms with Gasteiger partial charge < -0.3 is 15.8 Å². The molecular formula is C16H24N2O2. The van der Waals surface area contributed by atoms with E-state index in [-0.39, 0.29) is 18.6 Å². The number of benzene rings is 1. The van der Waals surface area contributed by atoms with Gasteiger partial charge in [0.2, 0.25) is 0 Å². The van der Waals surface area contributed by atoms with Gasteiger partial charge in [0, 0.05) is 17.8 Å². The number of carbonyl (C=O) groups excluding carboxylic acids is 1. The van der Waals surface area contributed by atoms with E-state index in [2.05, 4.69) is 19.2 Å². The van der Waals surface area contributed by atoms with Crippen molar-refractivity contribution in [1.29, 1.82) is 0 Å². The summed E-state index contributed by atoms with van der Waals surface area (Å²) in [6.07, 6.45) is 3.51. The molecule has 0 saturated heterocycles. The summed E-state index contributed by atoms with van der Waals surface area (Å²) in [6.45, 7) is 4.51. The maximum absolute atomic E-state index is 12.0. The van der Waals surface area contributed by atoms with E-state index in [4.69, 9.17) is 10.5 Å². The van der Waals surface area contributed by atoms with Crippen LogP contribution in [0.5, 0.6) is 5.75 Å². The Labute approximate surface area is 120 Å². The van der Waals surface area contributed by atoms with E-state index < -0.39 is 0 Å². The molecule has 1 saturated carbocycles. The largest absolute Gasteiger partial charge is 0.484 e. The second-order valence-electron chi connectivity index (χ2n) is 5.80. The second-order valence-corrected chi connectivity index (χ2v) is 5.80. The summed E-state index contributed by atoms with van der Waals surface area (Å²) in [5.41, 5.74) is 6.30. The summed E-state index contributed by atoms with van der Waals surface area (Å²) < 4.78 is 5.46. The fourth-order valence-corrected chi connectivity index (χ4v) is 2.79. The molecule has 4 nitrogen and oxygen atoms in total. The molecule has 0 aliphatic heterocycles. The number of amides is 1. The topological polar surface area (TPSA) is 64.3 Å². The molecule has 0 aromatic heterocycles. The Hall–Kier alpha value is -1.71. The third kappa shape index (κ3) is 3.89. The zero-order chi connectivity index (χ0) is 14.5. The normalized spacial score (nSPS) is 26.0. The second kappa shape index (κ2) is 6.64. The lowest BCUT2D eigenvalue weighted by Gasteiger charge is -2.34. The van der Waals surface area contributed by atoms with E-state index in [9.17, 15) is 4.79 Å². The van der Waals surface area contributed by atoms with Crippen LogP contribution >= 0.6 is 0 Å². The predicted octanol–water partition coefficient (Wildman–Crippen LogP) is 2.59. The highest BCUT2D eigenvalue weighted by atomic mass is 16.5. The quantitative estimate of drug-likeness (QED) is 0.831. The van der Waals surface area contributed by atoms with Crippen LogP contribution in [-0.4, -0.2) is 18.6 Å². The highest BCUT2D eigenvalue weighted by Crippen LogP contribution is 2.29. The summed E-state index contributed by atoms with van der Waals surface area (Å²) in [4.78, 5) is 12.0. The first-order valence-electron chi connectivity index (χ1n) is 7.34. The average Bonchev–Trinajstić information content (AvgIpc) is 2.42. The molecule has 3 unspecified atom stereocenters. The Morgan fingerprint density at radius 2 is 2.20 bits per heavy atom. The number of nitrogen functional groups attached to an aromatic ring is 1. The number of ether oxygens (including phenoxy) is 1. The predicted molar refractivity (Wildman–Crippen MR) is 80.5 cm³/mol. The minimum atomic E-state index is -0.0571. The van der Waals surface area contributed by atoms with Crippen molar-refractivity contribution in [2.75, 3.05) is 12.3 Å². The first-order chi connectivity index (χ1) is 9.56. The van der Waals surface area contributed by atoms with Gasteiger partial charge in [-0.05, 0) is 30.4 Å². The van der Waals surface area contributed by atoms with Crippen molar-refractivity contribution in [3.05, 3.63) is 24.3 Å². The number of nitrogens with one attached hydrogen (secondary N) is 1. The summed E-state index contributed by atoms with van der Waals surface area (Å²) in [5, 5.41) is 3.09. The van der Waals surface area contributed by atoms with Crippen LogP contribution < -0.4 is 15.8 Å². The monoisotopic (exact) mass is 276 g/mol. The van der Waals surface area contributed by atoms with Gasteiger partial charge in [0.1, 0.15) is 5.75 Å². The summed E-state index contributed by atoms with van der Waals surface area (Å²) in [6, 6.07) is 7.40. The molecular weight excluding hydrogens is 252 g/mol. The molecule has 0 radical (unpaired) electrons. The third-order valence-corrected chi connectivity index (χ3v) is 4.28. The minimum absolute atomic E-state index is 0.0427. The van der Waals surface area contributed by atoms with Gasteiger partial charge in [-0.1, -0.05) is 32.8 Å². The van der Waals surface area contributed by atoms with Gasteiger partial charge in [0.15, 0.2) is 6.61 Å². The van der Waals surface area contributed by atoms with Crippen LogP contribution in [0.2, 0.25) is 0 Å². The molecule has 0 heterocycles. The van der Waals surface area contributed by atoms with Crippen molar-refractivity contribution >= 4 is 11.6 Å². The van der Waals surface area contributed by atoms with Crippen molar-refractivity contribution in [3.63, 3.8) is 0 Å². The van der Waals surface area contributed by atoms with Crippen molar-refractivity contribution in [3.8, 4) is 5.75 Å². The van der Waals surface area contributed by atoms with Crippen molar-refractivity contribution in [1.82, 2.24) is 5.32 Å². The maximum atomic E-state index is 12.0. The average molecular weight is 276 g/mol. The molecule has 1 aromatic carbocycles. The van der Waals surface area contributed by atoms with Crippen LogP contribution in [0.1, 0.15) is 33.1 Å². The van der Waals surface area contributed by atoms with Gasteiger partial charge in [0.05, 0.1) is 0 Å². The van der Waals surface area contributed by atoms with Gasteiger partial charge in [-0.15, -0.1) is 0 Å². The van der Waals surface area contributed by atoms with Crippen LogP contribution in [-0.2, 0) is 4.79 Å². The van der Waals surface area contributed by atoms with Crippen LogP contribution in [0.3, 0.4) is 0 Å². The highest BCUT2D eigenvalue weighted by Gasteiger charge is 2.28. The third-order valence-electron chi connectivity index (χ3n) is 4.28. The molecule has 1 aliphatic carbocycles. The molecule has 2 rings (SSSR count). The lowest BCUT2D eigenvalue weighted by atomic mass is 9.78. The van der Waals surface area contributed by atoms with Gasteiger partial charge in [-0.3, -0.25) is 4.79 Å². The van der Waals surface area contributed by atoms with Crippen LogP contribution in [0, 0.1) is 11.8 Å². The van der Waals surface area contributed by atoms with Crippen molar-refractivity contribution < 1.29 is 9.53 Å². The van der Waals surface area contributed by atoms with Gasteiger partial charge >= 0.3 is 0 Å². The zero-order valence-corrected chi connectivity index (χ0v) is 12.3. The Bertz CT molecular complexity index is 462. The standard InChI is InChI=1S/C16H24N2O2/c1-11-5-3-8-15(12(11)2)18-16(19)10-20-14-7-4-6-13(17)9-14/h4,6-7,9,11-12,15H,3,5,8,10,17H2,1-2H3,(H,18,19). The minimum Gasteiger partial charge on any atom is -0.484 e. The van der Waals surface area contributed by atoms with E-state index in [0.29, 0.717) is 23.3 Å². The Morgan fingerprint density at radius 3 is 2.95 bits per heavy atom. The molecule has 1 amide bonds. The SMILES string of the molecule is CC1CCCC(NC(=O)COc2cccc(N)c2)C1C. The lowest BCUT2D eigenvalue weighted by Crippen LogP contribution is -2.45. The lowest BCUT2D eigenvalue weighted by molar-refractivity contribution is -0.124. The van der Waals surface area contributed by atoms with E-state index >= 15 is 0 Å².